The van der Waals surface area contributed by atoms with Crippen LogP contribution in [-0.2, 0) is 9.57 Å². The summed E-state index contributed by atoms with van der Waals surface area (Å²) in [6.07, 6.45) is 3.82. The Bertz CT molecular complexity index is 721. The van der Waals surface area contributed by atoms with Crippen LogP contribution in [0, 0.1) is 35.0 Å². The zero-order valence-electron chi connectivity index (χ0n) is 13.8. The number of hydrogen-bond donors (Lipinski definition) is 0. The topological polar surface area (TPSA) is 47.9 Å². The van der Waals surface area contributed by atoms with Crippen molar-refractivity contribution in [3.05, 3.63) is 47.3 Å². The lowest BCUT2D eigenvalue weighted by Crippen LogP contribution is -2.31. The number of ether oxygens (including phenoxy) is 1. The average Bonchev–Trinajstić information content (AvgIpc) is 2.65. The Morgan fingerprint density at radius 3 is 2.23 bits per heavy atom. The summed E-state index contributed by atoms with van der Waals surface area (Å²) in [7, 11) is 1.46. The zero-order chi connectivity index (χ0) is 19.4. The molecule has 26 heavy (non-hydrogen) atoms. The number of benzene rings is 1. The minimum Gasteiger partial charge on any atom is -0.377 e. The van der Waals surface area contributed by atoms with Crippen LogP contribution >= 0.6 is 0 Å². The molecule has 1 aromatic carbocycles. The molecule has 1 aromatic rings. The van der Waals surface area contributed by atoms with Gasteiger partial charge in [0, 0.05) is 13.0 Å². The van der Waals surface area contributed by atoms with E-state index in [0.29, 0.717) is 18.6 Å². The third-order valence-electron chi connectivity index (χ3n) is 4.19. The summed E-state index contributed by atoms with van der Waals surface area (Å²) in [5, 5.41) is 3.59. The first-order valence-electron chi connectivity index (χ1n) is 7.78. The fourth-order valence-corrected chi connectivity index (χ4v) is 2.84. The van der Waals surface area contributed by atoms with Crippen LogP contribution in [0.15, 0.2) is 17.8 Å². The van der Waals surface area contributed by atoms with E-state index in [1.807, 2.05) is 0 Å². The first-order valence-corrected chi connectivity index (χ1v) is 7.78. The number of oxime groups is 1. The second-order valence-electron chi connectivity index (χ2n) is 5.69. The molecule has 0 N–H and O–H groups in total. The van der Waals surface area contributed by atoms with Crippen molar-refractivity contribution in [2.45, 2.75) is 31.8 Å². The Morgan fingerprint density at radius 2 is 1.69 bits per heavy atom. The van der Waals surface area contributed by atoms with Crippen LogP contribution in [0.2, 0.25) is 0 Å². The maximum absolute atomic E-state index is 13.6. The molecule has 0 aromatic heterocycles. The fraction of sp³-hybridized carbons (Fsp3) is 0.412. The maximum Gasteiger partial charge on any atom is 0.371 e. The molecule has 1 fully saturated rings. The van der Waals surface area contributed by atoms with Crippen molar-refractivity contribution < 1.29 is 36.3 Å². The molecular formula is C17H16F5NO3. The van der Waals surface area contributed by atoms with Crippen molar-refractivity contribution in [1.29, 1.82) is 0 Å². The Morgan fingerprint density at radius 1 is 1.12 bits per heavy atom. The van der Waals surface area contributed by atoms with E-state index in [1.165, 1.54) is 13.2 Å². The SMILES string of the molecule is C=CC(OC)C1CCCC/C1=N\OC(=O)c1c(F)c(F)c(F)c(F)c1F. The van der Waals surface area contributed by atoms with Gasteiger partial charge in [0.2, 0.25) is 5.82 Å². The predicted octanol–water partition coefficient (Wildman–Crippen LogP) is 4.29. The molecule has 0 bridgehead atoms. The molecule has 0 radical (unpaired) electrons. The van der Waals surface area contributed by atoms with Gasteiger partial charge >= 0.3 is 5.97 Å². The van der Waals surface area contributed by atoms with Crippen LogP contribution < -0.4 is 0 Å². The highest BCUT2D eigenvalue weighted by atomic mass is 19.2. The van der Waals surface area contributed by atoms with Gasteiger partial charge in [-0.3, -0.25) is 0 Å². The average molecular weight is 377 g/mol. The molecule has 2 atom stereocenters. The van der Waals surface area contributed by atoms with Crippen molar-refractivity contribution in [2.75, 3.05) is 7.11 Å². The maximum atomic E-state index is 13.6. The van der Waals surface area contributed by atoms with E-state index in [2.05, 4.69) is 16.6 Å². The molecule has 1 aliphatic rings. The molecule has 2 unspecified atom stereocenters. The largest absolute Gasteiger partial charge is 0.377 e. The molecule has 1 aliphatic carbocycles. The molecule has 0 spiro atoms. The Balaban J connectivity index is 2.30. The number of rotatable bonds is 5. The van der Waals surface area contributed by atoms with Crippen LogP contribution in [0.3, 0.4) is 0 Å². The number of carbonyl (C=O) groups excluding carboxylic acids is 1. The van der Waals surface area contributed by atoms with E-state index < -0.39 is 46.7 Å². The van der Waals surface area contributed by atoms with Crippen LogP contribution in [0.5, 0.6) is 0 Å². The second-order valence-corrected chi connectivity index (χ2v) is 5.69. The smallest absolute Gasteiger partial charge is 0.371 e. The summed E-state index contributed by atoms with van der Waals surface area (Å²) < 4.78 is 71.9. The Hall–Kier alpha value is -2.29. The third-order valence-corrected chi connectivity index (χ3v) is 4.19. The van der Waals surface area contributed by atoms with Crippen LogP contribution in [0.1, 0.15) is 36.0 Å². The molecule has 0 amide bonds. The highest BCUT2D eigenvalue weighted by Crippen LogP contribution is 2.28. The van der Waals surface area contributed by atoms with E-state index in [-0.39, 0.29) is 5.92 Å². The third kappa shape index (κ3) is 3.77. The van der Waals surface area contributed by atoms with Gasteiger partial charge in [-0.05, 0) is 19.3 Å². The summed E-state index contributed by atoms with van der Waals surface area (Å²) in [6.45, 7) is 3.63. The molecule has 0 saturated heterocycles. The lowest BCUT2D eigenvalue weighted by Gasteiger charge is -2.28. The number of nitrogens with zero attached hydrogens (tertiary/aromatic N) is 1. The lowest BCUT2D eigenvalue weighted by molar-refractivity contribution is 0.0487. The van der Waals surface area contributed by atoms with Gasteiger partial charge < -0.3 is 9.57 Å². The zero-order valence-corrected chi connectivity index (χ0v) is 13.8. The molecule has 4 nitrogen and oxygen atoms in total. The summed E-state index contributed by atoms with van der Waals surface area (Å²) in [6, 6.07) is 0. The van der Waals surface area contributed by atoms with Gasteiger partial charge in [0.1, 0.15) is 5.56 Å². The van der Waals surface area contributed by atoms with Crippen LogP contribution in [0.25, 0.3) is 0 Å². The second kappa shape index (κ2) is 8.39. The monoisotopic (exact) mass is 377 g/mol. The molecule has 142 valence electrons. The molecule has 0 aliphatic heterocycles. The van der Waals surface area contributed by atoms with Crippen LogP contribution in [0.4, 0.5) is 22.0 Å². The quantitative estimate of drug-likeness (QED) is 0.192. The Labute approximate surface area is 146 Å². The number of methoxy groups -OCH3 is 1. The highest BCUT2D eigenvalue weighted by Gasteiger charge is 2.32. The predicted molar refractivity (Wildman–Crippen MR) is 82.0 cm³/mol. The number of halogens is 5. The van der Waals surface area contributed by atoms with E-state index in [0.717, 1.165) is 12.8 Å². The fourth-order valence-electron chi connectivity index (χ4n) is 2.84. The van der Waals surface area contributed by atoms with Gasteiger partial charge in [-0.15, -0.1) is 6.58 Å². The molecular weight excluding hydrogens is 361 g/mol. The normalized spacial score (nSPS) is 20.1. The first-order chi connectivity index (χ1) is 12.3. The summed E-state index contributed by atoms with van der Waals surface area (Å²) >= 11 is 0. The van der Waals surface area contributed by atoms with Gasteiger partial charge in [-0.25, -0.2) is 26.7 Å². The summed E-state index contributed by atoms with van der Waals surface area (Å²) in [5.74, 6) is -13.4. The van der Waals surface area contributed by atoms with Gasteiger partial charge in [0.15, 0.2) is 23.3 Å². The van der Waals surface area contributed by atoms with Crippen molar-refractivity contribution in [1.82, 2.24) is 0 Å². The van der Waals surface area contributed by atoms with E-state index >= 15 is 0 Å². The van der Waals surface area contributed by atoms with Gasteiger partial charge in [0.25, 0.3) is 0 Å². The summed E-state index contributed by atoms with van der Waals surface area (Å²) in [5.41, 5.74) is -1.30. The first kappa shape index (κ1) is 20.0. The summed E-state index contributed by atoms with van der Waals surface area (Å²) in [4.78, 5) is 16.3. The standard InChI is InChI=1S/C17H16F5NO3/c1-3-10(25-2)8-6-4-5-7-9(8)23-26-17(24)11-12(18)14(20)16(22)15(21)13(11)19/h3,8,10H,1,4-7H2,2H3/b23-9+. The van der Waals surface area contributed by atoms with Crippen molar-refractivity contribution in [3.8, 4) is 0 Å². The van der Waals surface area contributed by atoms with Crippen molar-refractivity contribution >= 4 is 11.7 Å². The molecule has 9 heteroatoms. The van der Waals surface area contributed by atoms with Crippen molar-refractivity contribution in [3.63, 3.8) is 0 Å². The van der Waals surface area contributed by atoms with Gasteiger partial charge in [-0.1, -0.05) is 17.7 Å². The number of hydrogen-bond acceptors (Lipinski definition) is 4. The minimum absolute atomic E-state index is 0.268. The van der Waals surface area contributed by atoms with E-state index in [1.54, 1.807) is 0 Å². The van der Waals surface area contributed by atoms with Gasteiger partial charge in [0.05, 0.1) is 11.8 Å². The highest BCUT2D eigenvalue weighted by molar-refractivity contribution is 5.92. The lowest BCUT2D eigenvalue weighted by atomic mass is 9.83. The van der Waals surface area contributed by atoms with E-state index in [9.17, 15) is 26.7 Å². The van der Waals surface area contributed by atoms with Crippen molar-refractivity contribution in [2.24, 2.45) is 11.1 Å². The molecule has 2 rings (SSSR count). The number of carbonyl (C=O) groups is 1. The Kier molecular flexibility index (Phi) is 6.47. The van der Waals surface area contributed by atoms with Crippen LogP contribution in [-0.4, -0.2) is 24.9 Å². The van der Waals surface area contributed by atoms with Gasteiger partial charge in [-0.2, -0.15) is 0 Å². The van der Waals surface area contributed by atoms with E-state index in [4.69, 9.17) is 4.74 Å². The minimum atomic E-state index is -2.36. The molecule has 0 heterocycles. The molecule has 1 saturated carbocycles.